The highest BCUT2D eigenvalue weighted by molar-refractivity contribution is 5.86. The Bertz CT molecular complexity index is 605. The molecule has 0 saturated heterocycles. The van der Waals surface area contributed by atoms with Crippen LogP contribution in [0.15, 0.2) is 28.8 Å². The molecule has 0 aliphatic rings. The summed E-state index contributed by atoms with van der Waals surface area (Å²) in [6.07, 6.45) is 0. The molecule has 0 aliphatic heterocycles. The predicted molar refractivity (Wildman–Crippen MR) is 71.2 cm³/mol. The van der Waals surface area contributed by atoms with Gasteiger partial charge in [-0.05, 0) is 26.0 Å². The van der Waals surface area contributed by atoms with Crippen LogP contribution < -0.4 is 9.47 Å². The molecule has 1 aromatic carbocycles. The summed E-state index contributed by atoms with van der Waals surface area (Å²) in [5.41, 5.74) is 0.492. The molecule has 20 heavy (non-hydrogen) atoms. The van der Waals surface area contributed by atoms with Crippen molar-refractivity contribution in [2.45, 2.75) is 13.8 Å². The van der Waals surface area contributed by atoms with Gasteiger partial charge in [-0.3, -0.25) is 0 Å². The highest BCUT2D eigenvalue weighted by atomic mass is 16.5. The van der Waals surface area contributed by atoms with Gasteiger partial charge in [0.15, 0.2) is 11.5 Å². The molecule has 0 spiro atoms. The maximum Gasteiger partial charge on any atom is 0.358 e. The average Bonchev–Trinajstić information content (AvgIpc) is 2.89. The monoisotopic (exact) mass is 277 g/mol. The van der Waals surface area contributed by atoms with Crippen LogP contribution in [-0.2, 0) is 0 Å². The van der Waals surface area contributed by atoms with Crippen molar-refractivity contribution in [3.8, 4) is 22.8 Å². The lowest BCUT2D eigenvalue weighted by atomic mass is 10.1. The van der Waals surface area contributed by atoms with Crippen LogP contribution in [0.25, 0.3) is 11.3 Å². The van der Waals surface area contributed by atoms with Crippen LogP contribution in [-0.4, -0.2) is 29.4 Å². The van der Waals surface area contributed by atoms with Gasteiger partial charge in [0.1, 0.15) is 11.5 Å². The molecule has 0 atom stereocenters. The smallest absolute Gasteiger partial charge is 0.358 e. The molecule has 0 bridgehead atoms. The van der Waals surface area contributed by atoms with E-state index in [2.05, 4.69) is 5.16 Å². The third-order valence-electron chi connectivity index (χ3n) is 2.56. The van der Waals surface area contributed by atoms with Crippen molar-refractivity contribution in [3.05, 3.63) is 30.0 Å². The quantitative estimate of drug-likeness (QED) is 0.874. The second-order valence-corrected chi connectivity index (χ2v) is 3.91. The van der Waals surface area contributed by atoms with Gasteiger partial charge in [-0.2, -0.15) is 0 Å². The van der Waals surface area contributed by atoms with E-state index < -0.39 is 5.97 Å². The van der Waals surface area contributed by atoms with Gasteiger partial charge in [0.2, 0.25) is 0 Å². The van der Waals surface area contributed by atoms with Crippen LogP contribution in [0.1, 0.15) is 24.3 Å². The van der Waals surface area contributed by atoms with E-state index in [9.17, 15) is 4.79 Å². The fraction of sp³-hybridized carbons (Fsp3) is 0.286. The lowest BCUT2D eigenvalue weighted by molar-refractivity contribution is 0.0686. The van der Waals surface area contributed by atoms with E-state index in [4.69, 9.17) is 19.1 Å². The van der Waals surface area contributed by atoms with Crippen LogP contribution in [0.3, 0.4) is 0 Å². The van der Waals surface area contributed by atoms with E-state index in [1.54, 1.807) is 18.2 Å². The van der Waals surface area contributed by atoms with Gasteiger partial charge in [-0.15, -0.1) is 0 Å². The molecule has 0 aliphatic carbocycles. The number of carboxylic acid groups (broad SMARTS) is 1. The summed E-state index contributed by atoms with van der Waals surface area (Å²) in [6, 6.07) is 6.62. The number of rotatable bonds is 6. The molecule has 6 nitrogen and oxygen atoms in total. The zero-order valence-corrected chi connectivity index (χ0v) is 11.3. The zero-order chi connectivity index (χ0) is 14.5. The summed E-state index contributed by atoms with van der Waals surface area (Å²) < 4.78 is 16.0. The highest BCUT2D eigenvalue weighted by Gasteiger charge is 2.16. The van der Waals surface area contributed by atoms with Gasteiger partial charge in [0, 0.05) is 12.1 Å². The Morgan fingerprint density at radius 3 is 2.60 bits per heavy atom. The van der Waals surface area contributed by atoms with Gasteiger partial charge in [0.05, 0.1) is 18.8 Å². The van der Waals surface area contributed by atoms with E-state index in [0.717, 1.165) is 0 Å². The molecule has 0 saturated carbocycles. The molecule has 106 valence electrons. The molecule has 0 amide bonds. The molecule has 0 fully saturated rings. The Labute approximate surface area is 115 Å². The highest BCUT2D eigenvalue weighted by Crippen LogP contribution is 2.34. The Morgan fingerprint density at radius 1 is 1.25 bits per heavy atom. The van der Waals surface area contributed by atoms with Crippen molar-refractivity contribution in [3.63, 3.8) is 0 Å². The fourth-order valence-corrected chi connectivity index (χ4v) is 1.74. The molecule has 1 heterocycles. The second kappa shape index (κ2) is 6.10. The van der Waals surface area contributed by atoms with Gasteiger partial charge >= 0.3 is 5.97 Å². The van der Waals surface area contributed by atoms with Crippen LogP contribution in [0, 0.1) is 0 Å². The summed E-state index contributed by atoms with van der Waals surface area (Å²) in [4.78, 5) is 10.8. The van der Waals surface area contributed by atoms with Gasteiger partial charge in [-0.25, -0.2) is 4.79 Å². The number of carbonyl (C=O) groups is 1. The normalized spacial score (nSPS) is 10.3. The van der Waals surface area contributed by atoms with Gasteiger partial charge in [-0.1, -0.05) is 5.16 Å². The van der Waals surface area contributed by atoms with Gasteiger partial charge < -0.3 is 19.1 Å². The molecule has 0 unspecified atom stereocenters. The summed E-state index contributed by atoms with van der Waals surface area (Å²) in [5, 5.41) is 12.3. The molecule has 6 heteroatoms. The third-order valence-corrected chi connectivity index (χ3v) is 2.56. The SMILES string of the molecule is CCOc1ccc(-c2cc(C(=O)O)no2)c(OCC)c1. The van der Waals surface area contributed by atoms with E-state index >= 15 is 0 Å². The first kappa shape index (κ1) is 13.9. The number of nitrogens with zero attached hydrogens (tertiary/aromatic N) is 1. The molecular weight excluding hydrogens is 262 g/mol. The van der Waals surface area contributed by atoms with Crippen molar-refractivity contribution in [1.29, 1.82) is 0 Å². The standard InChI is InChI=1S/C14H15NO5/c1-3-18-9-5-6-10(12(7-9)19-4-2)13-8-11(14(16)17)15-20-13/h5-8H,3-4H2,1-2H3,(H,16,17). The summed E-state index contributed by atoms with van der Waals surface area (Å²) in [7, 11) is 0. The van der Waals surface area contributed by atoms with Crippen molar-refractivity contribution < 1.29 is 23.9 Å². The van der Waals surface area contributed by atoms with E-state index in [0.29, 0.717) is 36.0 Å². The van der Waals surface area contributed by atoms with Crippen LogP contribution in [0.5, 0.6) is 11.5 Å². The zero-order valence-electron chi connectivity index (χ0n) is 11.3. The minimum Gasteiger partial charge on any atom is -0.494 e. The minimum atomic E-state index is -1.14. The molecule has 2 aromatic rings. The topological polar surface area (TPSA) is 81.8 Å². The number of carboxylic acids is 1. The number of benzene rings is 1. The Hall–Kier alpha value is -2.50. The number of hydrogen-bond acceptors (Lipinski definition) is 5. The maximum absolute atomic E-state index is 10.8. The summed E-state index contributed by atoms with van der Waals surface area (Å²) in [5.74, 6) is 0.446. The van der Waals surface area contributed by atoms with Crippen LogP contribution in [0.2, 0.25) is 0 Å². The molecule has 2 rings (SSSR count). The fourth-order valence-electron chi connectivity index (χ4n) is 1.74. The molecular formula is C14H15NO5. The summed E-state index contributed by atoms with van der Waals surface area (Å²) >= 11 is 0. The van der Waals surface area contributed by atoms with E-state index in [-0.39, 0.29) is 5.69 Å². The second-order valence-electron chi connectivity index (χ2n) is 3.91. The minimum absolute atomic E-state index is 0.142. The Morgan fingerprint density at radius 2 is 2.00 bits per heavy atom. The predicted octanol–water partition coefficient (Wildman–Crippen LogP) is 2.84. The van der Waals surface area contributed by atoms with E-state index in [1.165, 1.54) is 6.07 Å². The maximum atomic E-state index is 10.8. The van der Waals surface area contributed by atoms with Crippen molar-refractivity contribution in [2.75, 3.05) is 13.2 Å². The average molecular weight is 277 g/mol. The molecule has 1 aromatic heterocycles. The lowest BCUT2D eigenvalue weighted by Gasteiger charge is -2.10. The number of ether oxygens (including phenoxy) is 2. The van der Waals surface area contributed by atoms with Crippen molar-refractivity contribution in [1.82, 2.24) is 5.16 Å². The first-order chi connectivity index (χ1) is 9.65. The largest absolute Gasteiger partial charge is 0.494 e. The molecule has 1 N–H and O–H groups in total. The summed E-state index contributed by atoms with van der Waals surface area (Å²) in [6.45, 7) is 4.78. The lowest BCUT2D eigenvalue weighted by Crippen LogP contribution is -1.97. The number of aromatic nitrogens is 1. The first-order valence-corrected chi connectivity index (χ1v) is 6.25. The Kier molecular flexibility index (Phi) is 4.24. The van der Waals surface area contributed by atoms with Crippen molar-refractivity contribution >= 4 is 5.97 Å². The van der Waals surface area contributed by atoms with Gasteiger partial charge in [0.25, 0.3) is 0 Å². The number of hydrogen-bond donors (Lipinski definition) is 1. The van der Waals surface area contributed by atoms with Crippen LogP contribution in [0.4, 0.5) is 0 Å². The third kappa shape index (κ3) is 2.90. The first-order valence-electron chi connectivity index (χ1n) is 6.25. The van der Waals surface area contributed by atoms with Crippen molar-refractivity contribution in [2.24, 2.45) is 0 Å². The Balaban J connectivity index is 2.40. The number of aromatic carboxylic acids is 1. The molecule has 0 radical (unpaired) electrons. The van der Waals surface area contributed by atoms with Crippen LogP contribution >= 0.6 is 0 Å². The van der Waals surface area contributed by atoms with E-state index in [1.807, 2.05) is 13.8 Å².